The van der Waals surface area contributed by atoms with E-state index in [1.54, 1.807) is 25.3 Å². The zero-order valence-corrected chi connectivity index (χ0v) is 8.38. The number of benzene rings is 1. The monoisotopic (exact) mass is 208 g/mol. The topological polar surface area (TPSA) is 39.4 Å². The molecule has 14 heavy (non-hydrogen) atoms. The Morgan fingerprint density at radius 2 is 2.14 bits per heavy atom. The minimum Gasteiger partial charge on any atom is -0.497 e. The molecule has 2 aromatic rings. The van der Waals surface area contributed by atoms with Crippen LogP contribution in [0.3, 0.4) is 0 Å². The summed E-state index contributed by atoms with van der Waals surface area (Å²) in [5, 5.41) is 0.815. The molecule has 0 aliphatic rings. The third-order valence-corrected chi connectivity index (χ3v) is 2.14. The number of fused-ring (bicyclic) bond motifs is 1. The molecule has 0 fully saturated rings. The molecule has 2 rings (SSSR count). The Morgan fingerprint density at radius 1 is 1.36 bits per heavy atom. The van der Waals surface area contributed by atoms with E-state index in [2.05, 4.69) is 12.6 Å². The molecule has 0 bridgehead atoms. The number of hydrogen-bond donors (Lipinski definition) is 1. The van der Waals surface area contributed by atoms with Crippen molar-refractivity contribution in [3.8, 4) is 5.75 Å². The van der Waals surface area contributed by atoms with Crippen LogP contribution < -0.4 is 10.2 Å². The van der Waals surface area contributed by atoms with Gasteiger partial charge in [0.15, 0.2) is 10.5 Å². The van der Waals surface area contributed by atoms with Crippen molar-refractivity contribution in [2.24, 2.45) is 0 Å². The molecular weight excluding hydrogens is 200 g/mol. The first-order valence-electron chi connectivity index (χ1n) is 4.01. The average molecular weight is 208 g/mol. The van der Waals surface area contributed by atoms with Gasteiger partial charge in [0.05, 0.1) is 12.5 Å². The molecule has 0 N–H and O–H groups in total. The molecule has 3 nitrogen and oxygen atoms in total. The van der Waals surface area contributed by atoms with Gasteiger partial charge in [0, 0.05) is 6.07 Å². The molecule has 0 amide bonds. The van der Waals surface area contributed by atoms with Crippen LogP contribution in [-0.2, 0) is 0 Å². The Kier molecular flexibility index (Phi) is 2.21. The van der Waals surface area contributed by atoms with Gasteiger partial charge in [-0.2, -0.15) is 0 Å². The zero-order chi connectivity index (χ0) is 10.1. The molecule has 1 heterocycles. The highest BCUT2D eigenvalue weighted by atomic mass is 32.1. The van der Waals surface area contributed by atoms with E-state index < -0.39 is 0 Å². The SMILES string of the molecule is COc1ccc2oc(S)cc(=O)c2c1. The van der Waals surface area contributed by atoms with Gasteiger partial charge in [-0.25, -0.2) is 0 Å². The lowest BCUT2D eigenvalue weighted by Gasteiger charge is -2.01. The summed E-state index contributed by atoms with van der Waals surface area (Å²) in [6, 6.07) is 6.41. The lowest BCUT2D eigenvalue weighted by molar-refractivity contribution is 0.414. The molecule has 0 radical (unpaired) electrons. The first kappa shape index (κ1) is 9.15. The van der Waals surface area contributed by atoms with Crippen LogP contribution in [0.1, 0.15) is 0 Å². The lowest BCUT2D eigenvalue weighted by Crippen LogP contribution is -1.99. The van der Waals surface area contributed by atoms with Gasteiger partial charge in [-0.15, -0.1) is 12.6 Å². The second kappa shape index (κ2) is 3.38. The second-order valence-electron chi connectivity index (χ2n) is 2.81. The standard InChI is InChI=1S/C10H8O3S/c1-12-6-2-3-9-7(4-6)8(11)5-10(14)13-9/h2-5,14H,1H3. The van der Waals surface area contributed by atoms with E-state index in [0.717, 1.165) is 0 Å². The maximum absolute atomic E-state index is 11.5. The summed E-state index contributed by atoms with van der Waals surface area (Å²) in [6.45, 7) is 0. The fourth-order valence-electron chi connectivity index (χ4n) is 1.25. The lowest BCUT2D eigenvalue weighted by atomic mass is 10.2. The van der Waals surface area contributed by atoms with E-state index in [4.69, 9.17) is 9.15 Å². The third kappa shape index (κ3) is 1.48. The number of ether oxygens (including phenoxy) is 1. The first-order valence-corrected chi connectivity index (χ1v) is 4.46. The summed E-state index contributed by atoms with van der Waals surface area (Å²) >= 11 is 3.98. The molecule has 0 aliphatic carbocycles. The highest BCUT2D eigenvalue weighted by Crippen LogP contribution is 2.19. The van der Waals surface area contributed by atoms with Gasteiger partial charge in [0.2, 0.25) is 0 Å². The van der Waals surface area contributed by atoms with Crippen molar-refractivity contribution in [2.45, 2.75) is 5.09 Å². The smallest absolute Gasteiger partial charge is 0.193 e. The number of hydrogen-bond acceptors (Lipinski definition) is 4. The van der Waals surface area contributed by atoms with E-state index in [9.17, 15) is 4.79 Å². The summed E-state index contributed by atoms with van der Waals surface area (Å²) in [4.78, 5) is 11.5. The van der Waals surface area contributed by atoms with Crippen LogP contribution in [0.5, 0.6) is 5.75 Å². The first-order chi connectivity index (χ1) is 6.70. The molecule has 0 atom stereocenters. The molecule has 1 aromatic carbocycles. The highest BCUT2D eigenvalue weighted by molar-refractivity contribution is 7.80. The third-order valence-electron chi connectivity index (χ3n) is 1.92. The predicted octanol–water partition coefficient (Wildman–Crippen LogP) is 2.09. The summed E-state index contributed by atoms with van der Waals surface area (Å²) in [5.41, 5.74) is 0.401. The summed E-state index contributed by atoms with van der Waals surface area (Å²) in [5.74, 6) is 0.636. The summed E-state index contributed by atoms with van der Waals surface area (Å²) in [6.07, 6.45) is 0. The van der Waals surface area contributed by atoms with E-state index in [0.29, 0.717) is 21.8 Å². The largest absolute Gasteiger partial charge is 0.497 e. The quantitative estimate of drug-likeness (QED) is 0.729. The van der Waals surface area contributed by atoms with Gasteiger partial charge >= 0.3 is 0 Å². The van der Waals surface area contributed by atoms with Gasteiger partial charge in [0.25, 0.3) is 0 Å². The van der Waals surface area contributed by atoms with Crippen LogP contribution in [-0.4, -0.2) is 7.11 Å². The van der Waals surface area contributed by atoms with Crippen LogP contribution >= 0.6 is 12.6 Å². The molecule has 4 heteroatoms. The van der Waals surface area contributed by atoms with E-state index in [1.165, 1.54) is 6.07 Å². The molecule has 0 aliphatic heterocycles. The molecule has 0 saturated carbocycles. The van der Waals surface area contributed by atoms with Crippen LogP contribution in [0.4, 0.5) is 0 Å². The van der Waals surface area contributed by atoms with Crippen LogP contribution in [0.25, 0.3) is 11.0 Å². The van der Waals surface area contributed by atoms with Crippen molar-refractivity contribution >= 4 is 23.6 Å². The fraction of sp³-hybridized carbons (Fsp3) is 0.100. The minimum absolute atomic E-state index is 0.116. The van der Waals surface area contributed by atoms with Crippen LogP contribution in [0.2, 0.25) is 0 Å². The molecule has 0 unspecified atom stereocenters. The number of thiol groups is 1. The van der Waals surface area contributed by atoms with Crippen molar-refractivity contribution in [2.75, 3.05) is 7.11 Å². The predicted molar refractivity (Wildman–Crippen MR) is 56.3 cm³/mol. The average Bonchev–Trinajstić information content (AvgIpc) is 2.17. The summed E-state index contributed by atoms with van der Waals surface area (Å²) in [7, 11) is 1.55. The fourth-order valence-corrected chi connectivity index (χ4v) is 1.47. The summed E-state index contributed by atoms with van der Waals surface area (Å²) < 4.78 is 10.3. The highest BCUT2D eigenvalue weighted by Gasteiger charge is 2.03. The Morgan fingerprint density at radius 3 is 2.86 bits per heavy atom. The Bertz CT molecular complexity index is 530. The van der Waals surface area contributed by atoms with Gasteiger partial charge in [-0.1, -0.05) is 0 Å². The number of methoxy groups -OCH3 is 1. The molecule has 0 spiro atoms. The van der Waals surface area contributed by atoms with E-state index in [1.807, 2.05) is 0 Å². The van der Waals surface area contributed by atoms with Crippen molar-refractivity contribution in [3.63, 3.8) is 0 Å². The minimum atomic E-state index is -0.116. The van der Waals surface area contributed by atoms with Gasteiger partial charge < -0.3 is 9.15 Å². The molecular formula is C10H8O3S. The van der Waals surface area contributed by atoms with Gasteiger partial charge in [-0.05, 0) is 18.2 Å². The molecule has 0 saturated heterocycles. The molecule has 72 valence electrons. The number of rotatable bonds is 1. The Hall–Kier alpha value is -1.42. The zero-order valence-electron chi connectivity index (χ0n) is 7.48. The van der Waals surface area contributed by atoms with E-state index in [-0.39, 0.29) is 5.43 Å². The van der Waals surface area contributed by atoms with Crippen molar-refractivity contribution < 1.29 is 9.15 Å². The van der Waals surface area contributed by atoms with Crippen molar-refractivity contribution in [1.29, 1.82) is 0 Å². The van der Waals surface area contributed by atoms with Crippen LogP contribution in [0, 0.1) is 0 Å². The Labute approximate surface area is 85.7 Å². The van der Waals surface area contributed by atoms with Gasteiger partial charge in [0.1, 0.15) is 11.3 Å². The van der Waals surface area contributed by atoms with E-state index >= 15 is 0 Å². The second-order valence-corrected chi connectivity index (χ2v) is 3.25. The van der Waals surface area contributed by atoms with Crippen molar-refractivity contribution in [1.82, 2.24) is 0 Å². The van der Waals surface area contributed by atoms with Crippen LogP contribution in [0.15, 0.2) is 38.6 Å². The van der Waals surface area contributed by atoms with Crippen molar-refractivity contribution in [3.05, 3.63) is 34.5 Å². The van der Waals surface area contributed by atoms with Gasteiger partial charge in [-0.3, -0.25) is 4.79 Å². The normalized spacial score (nSPS) is 10.4. The maximum Gasteiger partial charge on any atom is 0.193 e. The maximum atomic E-state index is 11.5. The Balaban J connectivity index is 2.82. The molecule has 1 aromatic heterocycles.